The minimum atomic E-state index is 0.220. The summed E-state index contributed by atoms with van der Waals surface area (Å²) in [7, 11) is 0. The molecular weight excluding hydrogens is 282 g/mol. The van der Waals surface area contributed by atoms with Crippen LogP contribution in [0.25, 0.3) is 0 Å². The summed E-state index contributed by atoms with van der Waals surface area (Å²) in [6, 6.07) is 18.7. The van der Waals surface area contributed by atoms with Gasteiger partial charge in [-0.3, -0.25) is 9.89 Å². The fraction of sp³-hybridized carbons (Fsp3) is 0.176. The first kappa shape index (κ1) is 12.6. The summed E-state index contributed by atoms with van der Waals surface area (Å²) < 4.78 is 0. The summed E-state index contributed by atoms with van der Waals surface area (Å²) in [6.07, 6.45) is 0.924. The molecule has 4 heteroatoms. The number of amidine groups is 2. The molecule has 0 radical (unpaired) electrons. The Morgan fingerprint density at radius 2 is 1.81 bits per heavy atom. The lowest BCUT2D eigenvalue weighted by atomic mass is 10.1. The van der Waals surface area contributed by atoms with Crippen LogP contribution in [0.3, 0.4) is 0 Å². The van der Waals surface area contributed by atoms with Gasteiger partial charge in [-0.15, -0.1) is 0 Å². The largest absolute Gasteiger partial charge is 0.299 e. The topological polar surface area (TPSA) is 28.0 Å². The van der Waals surface area contributed by atoms with E-state index in [1.807, 2.05) is 29.2 Å². The fourth-order valence-electron chi connectivity index (χ4n) is 2.87. The zero-order valence-electron chi connectivity index (χ0n) is 11.4. The lowest BCUT2D eigenvalue weighted by Gasteiger charge is -2.23. The summed E-state index contributed by atoms with van der Waals surface area (Å²) in [5.41, 5.74) is 3.27. The summed E-state index contributed by atoms with van der Waals surface area (Å²) >= 11 is 6.31. The molecule has 4 rings (SSSR count). The second-order valence-electron chi connectivity index (χ2n) is 5.30. The second kappa shape index (κ2) is 5.01. The van der Waals surface area contributed by atoms with Crippen LogP contribution in [0, 0.1) is 0 Å². The predicted octanol–water partition coefficient (Wildman–Crippen LogP) is 3.60. The Bertz CT molecular complexity index is 737. The number of benzene rings is 2. The van der Waals surface area contributed by atoms with E-state index in [1.165, 1.54) is 5.56 Å². The molecule has 2 aromatic carbocycles. The molecule has 0 N–H and O–H groups in total. The molecule has 1 atom stereocenters. The van der Waals surface area contributed by atoms with Crippen LogP contribution in [0.5, 0.6) is 0 Å². The van der Waals surface area contributed by atoms with Crippen molar-refractivity contribution in [2.75, 3.05) is 6.54 Å². The van der Waals surface area contributed by atoms with Gasteiger partial charge in [0.05, 0.1) is 11.7 Å². The van der Waals surface area contributed by atoms with Crippen molar-refractivity contribution in [1.29, 1.82) is 0 Å². The number of rotatable bonds is 2. The third-order valence-corrected chi connectivity index (χ3v) is 4.14. The van der Waals surface area contributed by atoms with Gasteiger partial charge >= 0.3 is 0 Å². The molecule has 0 amide bonds. The van der Waals surface area contributed by atoms with Crippen molar-refractivity contribution < 1.29 is 0 Å². The molecule has 3 nitrogen and oxygen atoms in total. The number of fused-ring (bicyclic) bond motifs is 3. The van der Waals surface area contributed by atoms with Gasteiger partial charge in [-0.25, -0.2) is 4.99 Å². The van der Waals surface area contributed by atoms with Gasteiger partial charge in [-0.05, 0) is 35.7 Å². The maximum absolute atomic E-state index is 6.31. The van der Waals surface area contributed by atoms with Gasteiger partial charge in [0.15, 0.2) is 0 Å². The molecular formula is C17H14ClN3. The molecule has 0 aliphatic carbocycles. The Labute approximate surface area is 128 Å². The van der Waals surface area contributed by atoms with Crippen LogP contribution in [-0.2, 0) is 6.42 Å². The number of hydrogen-bond donors (Lipinski definition) is 0. The Kier molecular flexibility index (Phi) is 3.00. The van der Waals surface area contributed by atoms with Gasteiger partial charge in [-0.1, -0.05) is 42.5 Å². The van der Waals surface area contributed by atoms with Crippen LogP contribution in [0.1, 0.15) is 11.1 Å². The van der Waals surface area contributed by atoms with E-state index in [2.05, 4.69) is 35.3 Å². The Morgan fingerprint density at radius 1 is 1.05 bits per heavy atom. The average molecular weight is 296 g/mol. The summed E-state index contributed by atoms with van der Waals surface area (Å²) in [4.78, 5) is 11.3. The normalized spacial score (nSPS) is 19.7. The first-order valence-electron chi connectivity index (χ1n) is 7.04. The molecule has 0 saturated heterocycles. The quantitative estimate of drug-likeness (QED) is 0.778. The lowest BCUT2D eigenvalue weighted by molar-refractivity contribution is 0.574. The first-order valence-corrected chi connectivity index (χ1v) is 7.42. The molecule has 0 unspecified atom stereocenters. The third kappa shape index (κ3) is 2.24. The fourth-order valence-corrected chi connectivity index (χ4v) is 3.11. The Morgan fingerprint density at radius 3 is 2.67 bits per heavy atom. The maximum atomic E-state index is 6.31. The highest BCUT2D eigenvalue weighted by atomic mass is 35.5. The molecule has 2 heterocycles. The molecule has 0 saturated carbocycles. The average Bonchev–Trinajstić information content (AvgIpc) is 2.93. The van der Waals surface area contributed by atoms with E-state index in [0.717, 1.165) is 30.1 Å². The van der Waals surface area contributed by atoms with E-state index in [4.69, 9.17) is 16.6 Å². The molecule has 2 aliphatic rings. The van der Waals surface area contributed by atoms with E-state index in [9.17, 15) is 0 Å². The maximum Gasteiger partial charge on any atom is 0.204 e. The molecule has 2 aliphatic heterocycles. The van der Waals surface area contributed by atoms with Crippen molar-refractivity contribution in [3.05, 3.63) is 65.7 Å². The van der Waals surface area contributed by atoms with Crippen LogP contribution >= 0.6 is 11.6 Å². The van der Waals surface area contributed by atoms with Crippen LogP contribution in [-0.4, -0.2) is 28.6 Å². The third-order valence-electron chi connectivity index (χ3n) is 3.85. The highest BCUT2D eigenvalue weighted by Crippen LogP contribution is 2.31. The number of aliphatic imine (C=N–C) groups is 2. The monoisotopic (exact) mass is 295 g/mol. The smallest absolute Gasteiger partial charge is 0.204 e. The van der Waals surface area contributed by atoms with Crippen molar-refractivity contribution in [3.8, 4) is 0 Å². The van der Waals surface area contributed by atoms with Gasteiger partial charge in [0.1, 0.15) is 5.84 Å². The predicted molar refractivity (Wildman–Crippen MR) is 86.6 cm³/mol. The molecule has 0 aromatic heterocycles. The molecule has 0 bridgehead atoms. The van der Waals surface area contributed by atoms with Gasteiger partial charge in [0.25, 0.3) is 0 Å². The first-order chi connectivity index (χ1) is 10.3. The van der Waals surface area contributed by atoms with Gasteiger partial charge in [0.2, 0.25) is 5.29 Å². The Hall–Kier alpha value is -2.13. The minimum Gasteiger partial charge on any atom is -0.299 e. The van der Waals surface area contributed by atoms with Crippen LogP contribution in [0.2, 0.25) is 0 Å². The standard InChI is InChI=1S/C17H14ClN3/c18-17-20-15-9-5-4-8-14(15)16-19-13(11-21(16)17)10-12-6-2-1-3-7-12/h1-9,13H,10-11H2/t13-/m1/s1. The van der Waals surface area contributed by atoms with Crippen molar-refractivity contribution in [2.24, 2.45) is 9.98 Å². The van der Waals surface area contributed by atoms with E-state index in [0.29, 0.717) is 5.29 Å². The van der Waals surface area contributed by atoms with Crippen molar-refractivity contribution in [3.63, 3.8) is 0 Å². The zero-order valence-corrected chi connectivity index (χ0v) is 12.2. The van der Waals surface area contributed by atoms with Crippen molar-refractivity contribution >= 4 is 28.4 Å². The van der Waals surface area contributed by atoms with Gasteiger partial charge in [-0.2, -0.15) is 0 Å². The van der Waals surface area contributed by atoms with Crippen molar-refractivity contribution in [2.45, 2.75) is 12.5 Å². The lowest BCUT2D eigenvalue weighted by Crippen LogP contribution is -2.35. The van der Waals surface area contributed by atoms with E-state index in [1.54, 1.807) is 0 Å². The van der Waals surface area contributed by atoms with Gasteiger partial charge in [0, 0.05) is 12.1 Å². The highest BCUT2D eigenvalue weighted by Gasteiger charge is 2.32. The highest BCUT2D eigenvalue weighted by molar-refractivity contribution is 6.66. The minimum absolute atomic E-state index is 0.220. The summed E-state index contributed by atoms with van der Waals surface area (Å²) in [6.45, 7) is 0.793. The Balaban J connectivity index is 1.67. The molecule has 21 heavy (non-hydrogen) atoms. The summed E-state index contributed by atoms with van der Waals surface area (Å²) in [5.74, 6) is 0.950. The zero-order chi connectivity index (χ0) is 14.2. The van der Waals surface area contributed by atoms with Crippen molar-refractivity contribution in [1.82, 2.24) is 4.90 Å². The molecule has 2 aromatic rings. The van der Waals surface area contributed by atoms with Crippen LogP contribution in [0.15, 0.2) is 64.6 Å². The van der Waals surface area contributed by atoms with Crippen LogP contribution < -0.4 is 0 Å². The second-order valence-corrected chi connectivity index (χ2v) is 5.64. The number of para-hydroxylation sites is 1. The number of halogens is 1. The van der Waals surface area contributed by atoms with Crippen LogP contribution in [0.4, 0.5) is 5.69 Å². The van der Waals surface area contributed by atoms with Gasteiger partial charge < -0.3 is 0 Å². The van der Waals surface area contributed by atoms with E-state index in [-0.39, 0.29) is 6.04 Å². The van der Waals surface area contributed by atoms with E-state index < -0.39 is 0 Å². The molecule has 0 fully saturated rings. The molecule has 104 valence electrons. The SMILES string of the molecule is ClC1=Nc2ccccc2C2=N[C@H](Cc3ccccc3)CN12. The molecule has 0 spiro atoms. The summed E-state index contributed by atoms with van der Waals surface area (Å²) in [5, 5.41) is 0.517. The number of nitrogens with zero attached hydrogens (tertiary/aromatic N) is 3. The van der Waals surface area contributed by atoms with E-state index >= 15 is 0 Å². The number of hydrogen-bond acceptors (Lipinski definition) is 3.